The van der Waals surface area contributed by atoms with Crippen LogP contribution in [0.15, 0.2) is 36.4 Å². The molecule has 5 nitrogen and oxygen atoms in total. The second kappa shape index (κ2) is 9.76. The maximum atomic E-state index is 13.1. The van der Waals surface area contributed by atoms with Gasteiger partial charge in [-0.05, 0) is 37.1 Å². The third-order valence-corrected chi connectivity index (χ3v) is 5.46. The summed E-state index contributed by atoms with van der Waals surface area (Å²) in [7, 11) is 1.52. The minimum absolute atomic E-state index is 0.0582. The van der Waals surface area contributed by atoms with E-state index in [-0.39, 0.29) is 17.7 Å². The van der Waals surface area contributed by atoms with Gasteiger partial charge in [0.15, 0.2) is 0 Å². The number of carbonyl (C=O) groups is 2. The summed E-state index contributed by atoms with van der Waals surface area (Å²) in [5, 5.41) is 2.88. The molecule has 0 aliphatic heterocycles. The van der Waals surface area contributed by atoms with Crippen molar-refractivity contribution in [1.29, 1.82) is 0 Å². The molecule has 0 saturated carbocycles. The molecule has 1 aromatic carbocycles. The molecule has 1 atom stereocenters. The molecule has 0 aliphatic carbocycles. The lowest BCUT2D eigenvalue weighted by molar-refractivity contribution is -0.134. The Kier molecular flexibility index (Phi) is 7.68. The van der Waals surface area contributed by atoms with E-state index >= 15 is 0 Å². The molecule has 0 bridgehead atoms. The van der Waals surface area contributed by atoms with Crippen molar-refractivity contribution in [2.24, 2.45) is 5.92 Å². The van der Waals surface area contributed by atoms with E-state index in [1.54, 1.807) is 29.2 Å². The minimum atomic E-state index is -0.627. The van der Waals surface area contributed by atoms with Crippen molar-refractivity contribution < 1.29 is 14.3 Å². The molecule has 2 aromatic rings. The van der Waals surface area contributed by atoms with E-state index < -0.39 is 6.04 Å². The van der Waals surface area contributed by atoms with Gasteiger partial charge in [-0.15, -0.1) is 11.3 Å². The molecule has 7 heteroatoms. The number of para-hydroxylation sites is 1. The molecule has 1 heterocycles. The number of halogens is 1. The lowest BCUT2D eigenvalue weighted by Gasteiger charge is -2.29. The van der Waals surface area contributed by atoms with Gasteiger partial charge in [0.05, 0.1) is 23.6 Å². The lowest BCUT2D eigenvalue weighted by atomic mass is 10.0. The van der Waals surface area contributed by atoms with E-state index in [0.29, 0.717) is 28.7 Å². The number of hydrogen-bond donors (Lipinski definition) is 1. The van der Waals surface area contributed by atoms with Gasteiger partial charge < -0.3 is 15.0 Å². The van der Waals surface area contributed by atoms with E-state index in [9.17, 15) is 9.59 Å². The number of nitrogens with one attached hydrogen (secondary N) is 1. The first-order valence-corrected chi connectivity index (χ1v) is 10.0. The van der Waals surface area contributed by atoms with Gasteiger partial charge in [0.25, 0.3) is 5.91 Å². The van der Waals surface area contributed by atoms with Crippen LogP contribution in [-0.4, -0.2) is 36.4 Å². The fourth-order valence-corrected chi connectivity index (χ4v) is 3.84. The van der Waals surface area contributed by atoms with Gasteiger partial charge in [-0.1, -0.05) is 37.6 Å². The molecule has 1 N–H and O–H groups in total. The third kappa shape index (κ3) is 5.47. The fraction of sp³-hybridized carbons (Fsp3) is 0.400. The molecule has 0 fully saturated rings. The highest BCUT2D eigenvalue weighted by Gasteiger charge is 2.29. The van der Waals surface area contributed by atoms with Crippen LogP contribution in [0.3, 0.4) is 0 Å². The number of carbonyl (C=O) groups excluding carboxylic acids is 2. The van der Waals surface area contributed by atoms with Gasteiger partial charge >= 0.3 is 0 Å². The first-order valence-electron chi connectivity index (χ1n) is 8.84. The fourth-order valence-electron chi connectivity index (χ4n) is 2.73. The number of benzene rings is 1. The van der Waals surface area contributed by atoms with Crippen LogP contribution in [0.5, 0.6) is 5.75 Å². The number of nitrogens with zero attached hydrogens (tertiary/aromatic N) is 1. The molecule has 0 spiro atoms. The number of hydrogen-bond acceptors (Lipinski definition) is 4. The number of likely N-dealkylation sites (N-methyl/N-ethyl adjacent to an activating group) is 1. The first kappa shape index (κ1) is 21.3. The van der Waals surface area contributed by atoms with Gasteiger partial charge in [-0.2, -0.15) is 0 Å². The highest BCUT2D eigenvalue weighted by Crippen LogP contribution is 2.23. The Bertz CT molecular complexity index is 791. The molecule has 0 saturated heterocycles. The summed E-state index contributed by atoms with van der Waals surface area (Å²) < 4.78 is 5.94. The standard InChI is InChI=1S/C20H25ClN2O3S/c1-5-23(12-14-10-11-17(21)27-14)20(25)18(13(2)3)22-19(24)15-8-6-7-9-16(15)26-4/h6-11,13,18H,5,12H2,1-4H3,(H,22,24). The van der Waals surface area contributed by atoms with E-state index in [4.69, 9.17) is 16.3 Å². The summed E-state index contributed by atoms with van der Waals surface area (Å²) >= 11 is 7.44. The van der Waals surface area contributed by atoms with Crippen LogP contribution in [0, 0.1) is 5.92 Å². The highest BCUT2D eigenvalue weighted by molar-refractivity contribution is 7.16. The third-order valence-electron chi connectivity index (χ3n) is 4.24. The van der Waals surface area contributed by atoms with Crippen molar-refractivity contribution >= 4 is 34.8 Å². The average Bonchev–Trinajstić information content (AvgIpc) is 3.07. The van der Waals surface area contributed by atoms with E-state index in [1.165, 1.54) is 18.4 Å². The SMILES string of the molecule is CCN(Cc1ccc(Cl)s1)C(=O)C(NC(=O)c1ccccc1OC)C(C)C. The topological polar surface area (TPSA) is 58.6 Å². The molecule has 2 amide bonds. The smallest absolute Gasteiger partial charge is 0.255 e. The van der Waals surface area contributed by atoms with Crippen molar-refractivity contribution in [1.82, 2.24) is 10.2 Å². The van der Waals surface area contributed by atoms with Crippen LogP contribution in [-0.2, 0) is 11.3 Å². The van der Waals surface area contributed by atoms with Crippen LogP contribution in [0.2, 0.25) is 4.34 Å². The molecule has 0 radical (unpaired) electrons. The quantitative estimate of drug-likeness (QED) is 0.711. The Hall–Kier alpha value is -2.05. The normalized spacial score (nSPS) is 11.9. The van der Waals surface area contributed by atoms with Crippen LogP contribution in [0.4, 0.5) is 0 Å². The second-order valence-corrected chi connectivity index (χ2v) is 8.25. The lowest BCUT2D eigenvalue weighted by Crippen LogP contribution is -2.51. The van der Waals surface area contributed by atoms with Crippen LogP contribution < -0.4 is 10.1 Å². The largest absolute Gasteiger partial charge is 0.496 e. The Labute approximate surface area is 169 Å². The van der Waals surface area contributed by atoms with E-state index in [1.807, 2.05) is 32.9 Å². The zero-order valence-corrected chi connectivity index (χ0v) is 17.6. The van der Waals surface area contributed by atoms with Gasteiger partial charge in [0.2, 0.25) is 5.91 Å². The summed E-state index contributed by atoms with van der Waals surface area (Å²) in [5.74, 6) is -0.0161. The Morgan fingerprint density at radius 2 is 1.93 bits per heavy atom. The van der Waals surface area contributed by atoms with Crippen LogP contribution in [0.25, 0.3) is 0 Å². The summed E-state index contributed by atoms with van der Waals surface area (Å²) in [5.41, 5.74) is 0.409. The summed E-state index contributed by atoms with van der Waals surface area (Å²) in [4.78, 5) is 28.6. The number of amides is 2. The second-order valence-electron chi connectivity index (χ2n) is 6.45. The zero-order chi connectivity index (χ0) is 20.0. The number of methoxy groups -OCH3 is 1. The minimum Gasteiger partial charge on any atom is -0.496 e. The Morgan fingerprint density at radius 1 is 1.22 bits per heavy atom. The predicted molar refractivity (Wildman–Crippen MR) is 110 cm³/mol. The van der Waals surface area contributed by atoms with Crippen LogP contribution in [0.1, 0.15) is 36.0 Å². The van der Waals surface area contributed by atoms with Crippen molar-refractivity contribution in [3.63, 3.8) is 0 Å². The van der Waals surface area contributed by atoms with Gasteiger partial charge in [-0.25, -0.2) is 0 Å². The Morgan fingerprint density at radius 3 is 2.48 bits per heavy atom. The summed E-state index contributed by atoms with van der Waals surface area (Å²) in [6.07, 6.45) is 0. The monoisotopic (exact) mass is 408 g/mol. The van der Waals surface area contributed by atoms with E-state index in [2.05, 4.69) is 5.32 Å². The van der Waals surface area contributed by atoms with Crippen LogP contribution >= 0.6 is 22.9 Å². The summed E-state index contributed by atoms with van der Waals surface area (Å²) in [6.45, 7) is 6.77. The summed E-state index contributed by atoms with van der Waals surface area (Å²) in [6, 6.07) is 10.1. The highest BCUT2D eigenvalue weighted by atomic mass is 35.5. The first-order chi connectivity index (χ1) is 12.9. The van der Waals surface area contributed by atoms with Gasteiger partial charge in [0.1, 0.15) is 11.8 Å². The van der Waals surface area contributed by atoms with Crippen molar-refractivity contribution in [3.05, 3.63) is 51.2 Å². The molecule has 146 valence electrons. The van der Waals surface area contributed by atoms with Gasteiger partial charge in [-0.3, -0.25) is 9.59 Å². The molecule has 1 aromatic heterocycles. The van der Waals surface area contributed by atoms with E-state index in [0.717, 1.165) is 4.88 Å². The number of ether oxygens (including phenoxy) is 1. The zero-order valence-electron chi connectivity index (χ0n) is 16.0. The molecule has 0 aliphatic rings. The molecule has 27 heavy (non-hydrogen) atoms. The van der Waals surface area contributed by atoms with Crippen molar-refractivity contribution in [2.75, 3.05) is 13.7 Å². The predicted octanol–water partition coefficient (Wildman–Crippen LogP) is 4.21. The van der Waals surface area contributed by atoms with Crippen molar-refractivity contribution in [3.8, 4) is 5.75 Å². The van der Waals surface area contributed by atoms with Crippen molar-refractivity contribution in [2.45, 2.75) is 33.4 Å². The molecular weight excluding hydrogens is 384 g/mol. The molecule has 2 rings (SSSR count). The maximum absolute atomic E-state index is 13.1. The van der Waals surface area contributed by atoms with Gasteiger partial charge in [0, 0.05) is 11.4 Å². The number of thiophene rings is 1. The number of rotatable bonds is 8. The maximum Gasteiger partial charge on any atom is 0.255 e. The molecular formula is C20H25ClN2O3S. The average molecular weight is 409 g/mol. The Balaban J connectivity index is 2.17. The molecule has 1 unspecified atom stereocenters.